The zero-order valence-electron chi connectivity index (χ0n) is 18.9. The van der Waals surface area contributed by atoms with Gasteiger partial charge in [0.15, 0.2) is 0 Å². The predicted molar refractivity (Wildman–Crippen MR) is 116 cm³/mol. The fourth-order valence-electron chi connectivity index (χ4n) is 4.95. The first-order valence-electron chi connectivity index (χ1n) is 10.9. The van der Waals surface area contributed by atoms with Gasteiger partial charge in [0.2, 0.25) is 0 Å². The van der Waals surface area contributed by atoms with Crippen LogP contribution in [0.1, 0.15) is 58.2 Å². The Kier molecular flexibility index (Phi) is 6.30. The number of hydrogen-bond acceptors (Lipinski definition) is 4. The van der Waals surface area contributed by atoms with Crippen molar-refractivity contribution in [3.8, 4) is 0 Å². The Balaban J connectivity index is 1.89. The van der Waals surface area contributed by atoms with Crippen molar-refractivity contribution in [3.63, 3.8) is 0 Å². The molecule has 0 radical (unpaired) electrons. The smallest absolute Gasteiger partial charge is 0.410 e. The van der Waals surface area contributed by atoms with Crippen LogP contribution in [0.5, 0.6) is 0 Å². The van der Waals surface area contributed by atoms with E-state index in [1.54, 1.807) is 0 Å². The molecule has 0 aliphatic carbocycles. The van der Waals surface area contributed by atoms with Crippen LogP contribution in [0.2, 0.25) is 0 Å². The lowest BCUT2D eigenvalue weighted by atomic mass is 9.78. The van der Waals surface area contributed by atoms with Gasteiger partial charge in [-0.25, -0.2) is 4.79 Å². The zero-order chi connectivity index (χ0) is 21.4. The standard InChI is InChI=1S/C24H38N2O3/c1-17-9-7-8-10-19(17)21-20-14-25(15-24(5,6)16-27)13-18(20)11-12-26(21)22(28)29-23(2,3)4/h7-10,18,20-21,27H,11-16H2,1-6H3/t18?,20-,21?/m1/s1. The summed E-state index contributed by atoms with van der Waals surface area (Å²) >= 11 is 0. The molecule has 1 amide bonds. The van der Waals surface area contributed by atoms with E-state index in [9.17, 15) is 9.90 Å². The van der Waals surface area contributed by atoms with Crippen molar-refractivity contribution in [1.29, 1.82) is 0 Å². The molecule has 1 aromatic rings. The third-order valence-corrected chi connectivity index (χ3v) is 6.26. The lowest BCUT2D eigenvalue weighted by Gasteiger charge is -2.43. The summed E-state index contributed by atoms with van der Waals surface area (Å²) < 4.78 is 5.78. The lowest BCUT2D eigenvalue weighted by molar-refractivity contribution is -0.00541. The van der Waals surface area contributed by atoms with Crippen molar-refractivity contribution in [2.24, 2.45) is 17.3 Å². The number of aliphatic hydroxyl groups is 1. The van der Waals surface area contributed by atoms with E-state index in [4.69, 9.17) is 4.74 Å². The summed E-state index contributed by atoms with van der Waals surface area (Å²) in [4.78, 5) is 17.6. The molecule has 5 heteroatoms. The molecular formula is C24H38N2O3. The van der Waals surface area contributed by atoms with Crippen LogP contribution >= 0.6 is 0 Å². The van der Waals surface area contributed by atoms with Crippen LogP contribution in [0.4, 0.5) is 4.79 Å². The molecule has 0 saturated carbocycles. The molecule has 3 rings (SSSR count). The second-order valence-electron chi connectivity index (χ2n) is 10.7. The second kappa shape index (κ2) is 8.27. The highest BCUT2D eigenvalue weighted by atomic mass is 16.6. The Hall–Kier alpha value is -1.59. The minimum atomic E-state index is -0.503. The largest absolute Gasteiger partial charge is 0.444 e. The molecule has 0 aromatic heterocycles. The molecular weight excluding hydrogens is 364 g/mol. The predicted octanol–water partition coefficient (Wildman–Crippen LogP) is 4.24. The lowest BCUT2D eigenvalue weighted by Crippen LogP contribution is -2.48. The Bertz CT molecular complexity index is 725. The summed E-state index contributed by atoms with van der Waals surface area (Å²) in [6.45, 7) is 15.9. The molecule has 2 aliphatic rings. The highest BCUT2D eigenvalue weighted by Gasteiger charge is 2.47. The third kappa shape index (κ3) is 5.13. The van der Waals surface area contributed by atoms with Crippen molar-refractivity contribution in [1.82, 2.24) is 9.80 Å². The fourth-order valence-corrected chi connectivity index (χ4v) is 4.95. The Morgan fingerprint density at radius 2 is 1.86 bits per heavy atom. The first kappa shape index (κ1) is 22.1. The van der Waals surface area contributed by atoms with Crippen LogP contribution < -0.4 is 0 Å². The number of benzene rings is 1. The minimum absolute atomic E-state index is 0.0343. The average molecular weight is 403 g/mol. The maximum absolute atomic E-state index is 13.1. The Labute approximate surface area is 176 Å². The van der Waals surface area contributed by atoms with Gasteiger partial charge in [0.25, 0.3) is 0 Å². The van der Waals surface area contributed by atoms with Crippen LogP contribution in [-0.4, -0.2) is 59.4 Å². The number of carbonyl (C=O) groups is 1. The van der Waals surface area contributed by atoms with Crippen LogP contribution in [0.25, 0.3) is 0 Å². The van der Waals surface area contributed by atoms with Gasteiger partial charge in [-0.15, -0.1) is 0 Å². The van der Waals surface area contributed by atoms with Gasteiger partial charge in [-0.2, -0.15) is 0 Å². The Morgan fingerprint density at radius 1 is 1.17 bits per heavy atom. The van der Waals surface area contributed by atoms with Crippen molar-refractivity contribution >= 4 is 6.09 Å². The molecule has 2 unspecified atom stereocenters. The molecule has 2 heterocycles. The summed E-state index contributed by atoms with van der Waals surface area (Å²) in [5, 5.41) is 9.71. The highest BCUT2D eigenvalue weighted by Crippen LogP contribution is 2.45. The SMILES string of the molecule is Cc1ccccc1C1[C@@H]2CN(CC(C)(C)CO)CC2CCN1C(=O)OC(C)(C)C. The van der Waals surface area contributed by atoms with E-state index in [2.05, 4.69) is 49.9 Å². The summed E-state index contributed by atoms with van der Waals surface area (Å²) in [6, 6.07) is 8.46. The number of nitrogens with zero attached hydrogens (tertiary/aromatic N) is 2. The Morgan fingerprint density at radius 3 is 2.48 bits per heavy atom. The van der Waals surface area contributed by atoms with E-state index >= 15 is 0 Å². The van der Waals surface area contributed by atoms with E-state index in [1.165, 1.54) is 11.1 Å². The van der Waals surface area contributed by atoms with Gasteiger partial charge in [0.1, 0.15) is 5.60 Å². The number of ether oxygens (including phenoxy) is 1. The summed E-state index contributed by atoms with van der Waals surface area (Å²) in [6.07, 6.45) is 0.792. The molecule has 5 nitrogen and oxygen atoms in total. The highest BCUT2D eigenvalue weighted by molar-refractivity contribution is 5.69. The number of likely N-dealkylation sites (tertiary alicyclic amines) is 2. The molecule has 0 bridgehead atoms. The van der Waals surface area contributed by atoms with Crippen molar-refractivity contribution < 1.29 is 14.6 Å². The maximum atomic E-state index is 13.1. The number of rotatable bonds is 4. The van der Waals surface area contributed by atoms with Gasteiger partial charge in [0.05, 0.1) is 6.04 Å². The van der Waals surface area contributed by atoms with E-state index < -0.39 is 5.60 Å². The zero-order valence-corrected chi connectivity index (χ0v) is 18.9. The molecule has 29 heavy (non-hydrogen) atoms. The molecule has 2 saturated heterocycles. The number of aliphatic hydroxyl groups excluding tert-OH is 1. The number of fused-ring (bicyclic) bond motifs is 1. The molecule has 162 valence electrons. The van der Waals surface area contributed by atoms with Crippen LogP contribution in [0, 0.1) is 24.2 Å². The van der Waals surface area contributed by atoms with Crippen LogP contribution in [0.3, 0.4) is 0 Å². The molecule has 2 fully saturated rings. The van der Waals surface area contributed by atoms with Crippen molar-refractivity contribution in [2.75, 3.05) is 32.8 Å². The average Bonchev–Trinajstić information content (AvgIpc) is 3.01. The van der Waals surface area contributed by atoms with E-state index in [-0.39, 0.29) is 24.2 Å². The first-order valence-corrected chi connectivity index (χ1v) is 10.9. The third-order valence-electron chi connectivity index (χ3n) is 6.26. The van der Waals surface area contributed by atoms with Gasteiger partial charge in [-0.1, -0.05) is 38.1 Å². The van der Waals surface area contributed by atoms with Crippen molar-refractivity contribution in [2.45, 2.75) is 59.6 Å². The number of carbonyl (C=O) groups excluding carboxylic acids is 1. The minimum Gasteiger partial charge on any atom is -0.444 e. The van der Waals surface area contributed by atoms with E-state index in [0.29, 0.717) is 11.8 Å². The quantitative estimate of drug-likeness (QED) is 0.818. The second-order valence-corrected chi connectivity index (χ2v) is 10.7. The van der Waals surface area contributed by atoms with Gasteiger partial charge in [-0.05, 0) is 51.2 Å². The summed E-state index contributed by atoms with van der Waals surface area (Å²) in [7, 11) is 0. The van der Waals surface area contributed by atoms with Crippen LogP contribution in [-0.2, 0) is 4.74 Å². The molecule has 1 N–H and O–H groups in total. The normalized spacial score (nSPS) is 25.8. The number of amides is 1. The fraction of sp³-hybridized carbons (Fsp3) is 0.708. The first-order chi connectivity index (χ1) is 13.5. The summed E-state index contributed by atoms with van der Waals surface area (Å²) in [5.74, 6) is 0.944. The monoisotopic (exact) mass is 402 g/mol. The van der Waals surface area contributed by atoms with Gasteiger partial charge < -0.3 is 19.6 Å². The van der Waals surface area contributed by atoms with Gasteiger partial charge >= 0.3 is 6.09 Å². The van der Waals surface area contributed by atoms with E-state index in [1.807, 2.05) is 25.7 Å². The van der Waals surface area contributed by atoms with Crippen LogP contribution in [0.15, 0.2) is 24.3 Å². The molecule has 1 aromatic carbocycles. The van der Waals surface area contributed by atoms with Crippen molar-refractivity contribution in [3.05, 3.63) is 35.4 Å². The van der Waals surface area contributed by atoms with E-state index in [0.717, 1.165) is 32.6 Å². The topological polar surface area (TPSA) is 53.0 Å². The number of aryl methyl sites for hydroxylation is 1. The number of hydrogen-bond donors (Lipinski definition) is 1. The van der Waals surface area contributed by atoms with Gasteiger partial charge in [0, 0.05) is 44.1 Å². The molecule has 3 atom stereocenters. The molecule has 2 aliphatic heterocycles. The summed E-state index contributed by atoms with van der Waals surface area (Å²) in [5.41, 5.74) is 1.84. The number of piperidine rings is 1. The van der Waals surface area contributed by atoms with Gasteiger partial charge in [-0.3, -0.25) is 0 Å². The molecule has 0 spiro atoms. The maximum Gasteiger partial charge on any atom is 0.410 e.